The number of benzene rings is 1. The summed E-state index contributed by atoms with van der Waals surface area (Å²) >= 11 is 0. The molecule has 2 rings (SSSR count). The van der Waals surface area contributed by atoms with E-state index in [9.17, 15) is 9.90 Å². The molecule has 0 atom stereocenters. The molecule has 0 bridgehead atoms. The third-order valence-electron chi connectivity index (χ3n) is 3.57. The van der Waals surface area contributed by atoms with E-state index in [-0.39, 0.29) is 5.91 Å². The smallest absolute Gasteiger partial charge is 0.234 e. The maximum Gasteiger partial charge on any atom is 0.234 e. The van der Waals surface area contributed by atoms with Gasteiger partial charge in [-0.25, -0.2) is 0 Å². The van der Waals surface area contributed by atoms with Crippen LogP contribution in [0.15, 0.2) is 24.3 Å². The van der Waals surface area contributed by atoms with Gasteiger partial charge >= 0.3 is 0 Å². The standard InChI is InChI=1S/C16H24N2O2/c1-16(2,20)8-7-13-3-5-14(6-4-13)11-18-10-9-17-15(19)12-18/h3-6,20H,7-12H2,1-2H3,(H,17,19). The maximum absolute atomic E-state index is 11.3. The zero-order valence-electron chi connectivity index (χ0n) is 12.4. The molecule has 1 aliphatic heterocycles. The molecule has 0 saturated carbocycles. The van der Waals surface area contributed by atoms with Crippen molar-refractivity contribution in [3.8, 4) is 0 Å². The Hall–Kier alpha value is -1.39. The third-order valence-corrected chi connectivity index (χ3v) is 3.57. The second-order valence-electron chi connectivity index (χ2n) is 6.19. The van der Waals surface area contributed by atoms with Crippen LogP contribution in [-0.2, 0) is 17.8 Å². The number of nitrogens with one attached hydrogen (secondary N) is 1. The van der Waals surface area contributed by atoms with Crippen molar-refractivity contribution < 1.29 is 9.90 Å². The van der Waals surface area contributed by atoms with Crippen molar-refractivity contribution in [2.24, 2.45) is 0 Å². The summed E-state index contributed by atoms with van der Waals surface area (Å²) in [5.41, 5.74) is 1.86. The van der Waals surface area contributed by atoms with Crippen LogP contribution in [0.5, 0.6) is 0 Å². The van der Waals surface area contributed by atoms with Gasteiger partial charge in [-0.3, -0.25) is 9.69 Å². The molecule has 20 heavy (non-hydrogen) atoms. The zero-order valence-corrected chi connectivity index (χ0v) is 12.4. The minimum absolute atomic E-state index is 0.109. The first-order valence-electron chi connectivity index (χ1n) is 7.22. The minimum Gasteiger partial charge on any atom is -0.390 e. The van der Waals surface area contributed by atoms with E-state index in [1.165, 1.54) is 11.1 Å². The van der Waals surface area contributed by atoms with E-state index in [0.29, 0.717) is 6.54 Å². The number of carbonyl (C=O) groups excluding carboxylic acids is 1. The van der Waals surface area contributed by atoms with Crippen molar-refractivity contribution in [2.75, 3.05) is 19.6 Å². The van der Waals surface area contributed by atoms with E-state index in [0.717, 1.165) is 32.5 Å². The van der Waals surface area contributed by atoms with Crippen LogP contribution < -0.4 is 5.32 Å². The molecule has 0 aromatic heterocycles. The van der Waals surface area contributed by atoms with Crippen LogP contribution in [0.25, 0.3) is 0 Å². The highest BCUT2D eigenvalue weighted by Gasteiger charge is 2.16. The SMILES string of the molecule is CC(C)(O)CCc1ccc(CN2CCNC(=O)C2)cc1. The summed E-state index contributed by atoms with van der Waals surface area (Å²) in [7, 11) is 0. The van der Waals surface area contributed by atoms with Crippen LogP contribution in [0.4, 0.5) is 0 Å². The zero-order chi connectivity index (χ0) is 14.6. The summed E-state index contributed by atoms with van der Waals surface area (Å²) in [6.07, 6.45) is 1.65. The molecule has 0 unspecified atom stereocenters. The van der Waals surface area contributed by atoms with Crippen LogP contribution >= 0.6 is 0 Å². The molecule has 0 radical (unpaired) electrons. The van der Waals surface area contributed by atoms with Gasteiger partial charge in [-0.15, -0.1) is 0 Å². The number of hydrogen-bond acceptors (Lipinski definition) is 3. The van der Waals surface area contributed by atoms with Crippen molar-refractivity contribution in [1.82, 2.24) is 10.2 Å². The number of carbonyl (C=O) groups is 1. The van der Waals surface area contributed by atoms with Crippen LogP contribution in [0.2, 0.25) is 0 Å². The van der Waals surface area contributed by atoms with Crippen molar-refractivity contribution >= 4 is 5.91 Å². The highest BCUT2D eigenvalue weighted by atomic mass is 16.3. The van der Waals surface area contributed by atoms with Crippen molar-refractivity contribution in [2.45, 2.75) is 38.8 Å². The Morgan fingerprint density at radius 1 is 1.25 bits per heavy atom. The van der Waals surface area contributed by atoms with Crippen LogP contribution in [0, 0.1) is 0 Å². The molecule has 1 aromatic rings. The molecular weight excluding hydrogens is 252 g/mol. The highest BCUT2D eigenvalue weighted by molar-refractivity contribution is 5.78. The van der Waals surface area contributed by atoms with Gasteiger partial charge in [-0.2, -0.15) is 0 Å². The summed E-state index contributed by atoms with van der Waals surface area (Å²) in [5, 5.41) is 12.6. The number of piperazine rings is 1. The first kappa shape index (κ1) is 15.0. The van der Waals surface area contributed by atoms with Gasteiger partial charge in [-0.1, -0.05) is 24.3 Å². The lowest BCUT2D eigenvalue weighted by Gasteiger charge is -2.26. The van der Waals surface area contributed by atoms with Gasteiger partial charge in [0.05, 0.1) is 12.1 Å². The normalized spacial score (nSPS) is 17.1. The van der Waals surface area contributed by atoms with Gasteiger partial charge in [0, 0.05) is 19.6 Å². The molecule has 1 aromatic carbocycles. The molecule has 0 spiro atoms. The predicted molar refractivity (Wildman–Crippen MR) is 79.3 cm³/mol. The fraction of sp³-hybridized carbons (Fsp3) is 0.562. The van der Waals surface area contributed by atoms with Gasteiger partial charge in [0.15, 0.2) is 0 Å². The fourth-order valence-electron chi connectivity index (χ4n) is 2.35. The Labute approximate surface area is 120 Å². The molecular formula is C16H24N2O2. The number of hydrogen-bond donors (Lipinski definition) is 2. The van der Waals surface area contributed by atoms with Crippen molar-refractivity contribution in [1.29, 1.82) is 0 Å². The summed E-state index contributed by atoms with van der Waals surface area (Å²) in [4.78, 5) is 13.5. The lowest BCUT2D eigenvalue weighted by atomic mass is 9.98. The van der Waals surface area contributed by atoms with Gasteiger partial charge in [0.2, 0.25) is 5.91 Å². The van der Waals surface area contributed by atoms with Crippen molar-refractivity contribution in [3.05, 3.63) is 35.4 Å². The first-order valence-corrected chi connectivity index (χ1v) is 7.22. The molecule has 110 valence electrons. The Kier molecular flexibility index (Phi) is 4.78. The molecule has 1 heterocycles. The van der Waals surface area contributed by atoms with E-state index >= 15 is 0 Å². The number of aliphatic hydroxyl groups is 1. The van der Waals surface area contributed by atoms with E-state index in [2.05, 4.69) is 34.5 Å². The van der Waals surface area contributed by atoms with E-state index in [4.69, 9.17) is 0 Å². The Morgan fingerprint density at radius 2 is 1.90 bits per heavy atom. The lowest BCUT2D eigenvalue weighted by Crippen LogP contribution is -2.47. The molecule has 1 fully saturated rings. The van der Waals surface area contributed by atoms with Gasteiger partial charge in [0.25, 0.3) is 0 Å². The number of nitrogens with zero attached hydrogens (tertiary/aromatic N) is 1. The van der Waals surface area contributed by atoms with E-state index < -0.39 is 5.60 Å². The molecule has 1 saturated heterocycles. The summed E-state index contributed by atoms with van der Waals surface area (Å²) in [5.74, 6) is 0.109. The minimum atomic E-state index is -0.611. The number of rotatable bonds is 5. The summed E-state index contributed by atoms with van der Waals surface area (Å²) in [6.45, 7) is 6.62. The molecule has 4 nitrogen and oxygen atoms in total. The largest absolute Gasteiger partial charge is 0.390 e. The topological polar surface area (TPSA) is 52.6 Å². The average molecular weight is 276 g/mol. The summed E-state index contributed by atoms with van der Waals surface area (Å²) < 4.78 is 0. The maximum atomic E-state index is 11.3. The van der Waals surface area contributed by atoms with Crippen LogP contribution in [-0.4, -0.2) is 41.1 Å². The van der Waals surface area contributed by atoms with Crippen LogP contribution in [0.1, 0.15) is 31.4 Å². The Morgan fingerprint density at radius 3 is 2.50 bits per heavy atom. The number of amides is 1. The predicted octanol–water partition coefficient (Wildman–Crippen LogP) is 1.32. The molecule has 4 heteroatoms. The van der Waals surface area contributed by atoms with E-state index in [1.54, 1.807) is 0 Å². The van der Waals surface area contributed by atoms with Gasteiger partial charge in [-0.05, 0) is 37.8 Å². The average Bonchev–Trinajstić information content (AvgIpc) is 2.37. The molecule has 2 N–H and O–H groups in total. The third kappa shape index (κ3) is 4.94. The van der Waals surface area contributed by atoms with Gasteiger partial charge in [0.1, 0.15) is 0 Å². The molecule has 1 amide bonds. The Bertz CT molecular complexity index is 449. The quantitative estimate of drug-likeness (QED) is 0.853. The highest BCUT2D eigenvalue weighted by Crippen LogP contribution is 2.14. The van der Waals surface area contributed by atoms with Crippen LogP contribution in [0.3, 0.4) is 0 Å². The summed E-state index contributed by atoms with van der Waals surface area (Å²) in [6, 6.07) is 8.47. The fourth-order valence-corrected chi connectivity index (χ4v) is 2.35. The monoisotopic (exact) mass is 276 g/mol. The second kappa shape index (κ2) is 6.37. The van der Waals surface area contributed by atoms with E-state index in [1.807, 2.05) is 13.8 Å². The van der Waals surface area contributed by atoms with Crippen molar-refractivity contribution in [3.63, 3.8) is 0 Å². The van der Waals surface area contributed by atoms with Gasteiger partial charge < -0.3 is 10.4 Å². The Balaban J connectivity index is 1.86. The lowest BCUT2D eigenvalue weighted by molar-refractivity contribution is -0.124. The second-order valence-corrected chi connectivity index (χ2v) is 6.19. The molecule has 0 aliphatic carbocycles. The molecule has 1 aliphatic rings. The first-order chi connectivity index (χ1) is 9.42. The number of aryl methyl sites for hydroxylation is 1.